The fourth-order valence-electron chi connectivity index (χ4n) is 4.34. The van der Waals surface area contributed by atoms with Crippen LogP contribution in [0.15, 0.2) is 47.2 Å². The summed E-state index contributed by atoms with van der Waals surface area (Å²) in [6.07, 6.45) is 6.09. The zero-order valence-electron chi connectivity index (χ0n) is 16.9. The molecule has 0 amide bonds. The van der Waals surface area contributed by atoms with E-state index in [1.165, 1.54) is 18.9 Å². The Balaban J connectivity index is 1.30. The summed E-state index contributed by atoms with van der Waals surface area (Å²) in [5, 5.41) is 4.93. The fourth-order valence-corrected chi connectivity index (χ4v) is 4.34. The van der Waals surface area contributed by atoms with Crippen LogP contribution in [0.2, 0.25) is 0 Å². The SMILES string of the molecule is COC(=O)c1coc(CN2CCC3(CC2)OCCc2cn(-c4ccccc4)nc23)n1. The monoisotopic (exact) mass is 408 g/mol. The molecule has 0 aliphatic carbocycles. The normalized spacial score (nSPS) is 18.3. The number of benzene rings is 1. The highest BCUT2D eigenvalue weighted by molar-refractivity contribution is 5.86. The number of aromatic nitrogens is 3. The molecule has 0 unspecified atom stereocenters. The Morgan fingerprint density at radius 1 is 1.23 bits per heavy atom. The quantitative estimate of drug-likeness (QED) is 0.614. The number of hydrogen-bond donors (Lipinski definition) is 0. The lowest BCUT2D eigenvalue weighted by Gasteiger charge is -2.42. The van der Waals surface area contributed by atoms with Gasteiger partial charge in [0, 0.05) is 19.3 Å². The summed E-state index contributed by atoms with van der Waals surface area (Å²) in [4.78, 5) is 18.0. The van der Waals surface area contributed by atoms with Crippen LogP contribution < -0.4 is 0 Å². The number of rotatable bonds is 4. The summed E-state index contributed by atoms with van der Waals surface area (Å²) in [5.41, 5.74) is 3.27. The number of piperidine rings is 1. The van der Waals surface area contributed by atoms with Gasteiger partial charge in [-0.15, -0.1) is 0 Å². The van der Waals surface area contributed by atoms with Crippen LogP contribution in [-0.4, -0.2) is 52.4 Å². The predicted molar refractivity (Wildman–Crippen MR) is 107 cm³/mol. The lowest BCUT2D eigenvalue weighted by molar-refractivity contribution is -0.102. The molecule has 0 N–H and O–H groups in total. The van der Waals surface area contributed by atoms with E-state index in [0.717, 1.165) is 50.3 Å². The van der Waals surface area contributed by atoms with Gasteiger partial charge in [-0.05, 0) is 37.0 Å². The largest absolute Gasteiger partial charge is 0.464 e. The number of carbonyl (C=O) groups excluding carboxylic acids is 1. The van der Waals surface area contributed by atoms with Crippen molar-refractivity contribution in [2.45, 2.75) is 31.4 Å². The van der Waals surface area contributed by atoms with Gasteiger partial charge in [0.1, 0.15) is 11.9 Å². The van der Waals surface area contributed by atoms with E-state index in [0.29, 0.717) is 12.4 Å². The first-order valence-electron chi connectivity index (χ1n) is 10.2. The van der Waals surface area contributed by atoms with E-state index in [2.05, 4.69) is 33.0 Å². The molecule has 0 radical (unpaired) electrons. The number of esters is 1. The Kier molecular flexibility index (Phi) is 4.88. The summed E-state index contributed by atoms with van der Waals surface area (Å²) >= 11 is 0. The van der Waals surface area contributed by atoms with Crippen molar-refractivity contribution in [2.24, 2.45) is 0 Å². The second-order valence-electron chi connectivity index (χ2n) is 7.77. The van der Waals surface area contributed by atoms with Gasteiger partial charge in [-0.25, -0.2) is 14.5 Å². The topological polar surface area (TPSA) is 82.6 Å². The van der Waals surface area contributed by atoms with E-state index in [1.807, 2.05) is 22.9 Å². The highest BCUT2D eigenvalue weighted by Gasteiger charge is 2.43. The second kappa shape index (κ2) is 7.70. The van der Waals surface area contributed by atoms with E-state index < -0.39 is 5.97 Å². The molecule has 2 aliphatic rings. The van der Waals surface area contributed by atoms with E-state index >= 15 is 0 Å². The molecule has 1 aromatic carbocycles. The van der Waals surface area contributed by atoms with Gasteiger partial charge in [0.25, 0.3) is 0 Å². The molecule has 0 bridgehead atoms. The van der Waals surface area contributed by atoms with Gasteiger partial charge < -0.3 is 13.9 Å². The first-order chi connectivity index (χ1) is 14.7. The molecule has 5 rings (SSSR count). The van der Waals surface area contributed by atoms with Crippen molar-refractivity contribution in [1.82, 2.24) is 19.7 Å². The Hall–Kier alpha value is -2.97. The van der Waals surface area contributed by atoms with Gasteiger partial charge in [0.05, 0.1) is 31.6 Å². The Labute approximate surface area is 174 Å². The third kappa shape index (κ3) is 3.42. The van der Waals surface area contributed by atoms with Gasteiger partial charge in [0.2, 0.25) is 5.89 Å². The molecule has 1 saturated heterocycles. The molecule has 0 saturated carbocycles. The zero-order valence-corrected chi connectivity index (χ0v) is 16.9. The molecule has 2 aliphatic heterocycles. The molecule has 8 nitrogen and oxygen atoms in total. The molecule has 2 aromatic heterocycles. The van der Waals surface area contributed by atoms with Crippen molar-refractivity contribution >= 4 is 5.97 Å². The van der Waals surface area contributed by atoms with Crippen molar-refractivity contribution < 1.29 is 18.7 Å². The van der Waals surface area contributed by atoms with Gasteiger partial charge in [0.15, 0.2) is 5.69 Å². The average Bonchev–Trinajstić information content (AvgIpc) is 3.44. The molecule has 8 heteroatoms. The third-order valence-electron chi connectivity index (χ3n) is 5.96. The minimum Gasteiger partial charge on any atom is -0.464 e. The minimum atomic E-state index is -0.486. The van der Waals surface area contributed by atoms with Crippen LogP contribution in [0, 0.1) is 0 Å². The van der Waals surface area contributed by atoms with Gasteiger partial charge in [-0.3, -0.25) is 4.90 Å². The number of methoxy groups -OCH3 is 1. The fraction of sp³-hybridized carbons (Fsp3) is 0.409. The maximum Gasteiger partial charge on any atom is 0.360 e. The standard InChI is InChI=1S/C22H24N4O4/c1-28-21(27)18-15-29-19(23-18)14-25-10-8-22(9-11-25)20-16(7-12-30-22)13-26(24-20)17-5-3-2-4-6-17/h2-6,13,15H,7-12,14H2,1H3. The molecule has 0 atom stereocenters. The number of hydrogen-bond acceptors (Lipinski definition) is 7. The van der Waals surface area contributed by atoms with Crippen LogP contribution >= 0.6 is 0 Å². The summed E-state index contributed by atoms with van der Waals surface area (Å²) in [6, 6.07) is 10.2. The smallest absolute Gasteiger partial charge is 0.360 e. The van der Waals surface area contributed by atoms with Crippen molar-refractivity contribution in [3.8, 4) is 5.69 Å². The molecular weight excluding hydrogens is 384 g/mol. The molecule has 156 valence electrons. The van der Waals surface area contributed by atoms with Crippen molar-refractivity contribution in [3.05, 3.63) is 65.6 Å². The van der Waals surface area contributed by atoms with Crippen molar-refractivity contribution in [2.75, 3.05) is 26.8 Å². The minimum absolute atomic E-state index is 0.202. The number of carbonyl (C=O) groups is 1. The summed E-state index contributed by atoms with van der Waals surface area (Å²) in [7, 11) is 1.33. The summed E-state index contributed by atoms with van der Waals surface area (Å²) < 4.78 is 18.4. The van der Waals surface area contributed by atoms with Crippen LogP contribution in [-0.2, 0) is 28.0 Å². The highest BCUT2D eigenvalue weighted by Crippen LogP contribution is 2.41. The molecule has 1 fully saturated rings. The van der Waals surface area contributed by atoms with Gasteiger partial charge in [-0.1, -0.05) is 18.2 Å². The number of nitrogens with zero attached hydrogens (tertiary/aromatic N) is 4. The van der Waals surface area contributed by atoms with Gasteiger partial charge in [-0.2, -0.15) is 5.10 Å². The van der Waals surface area contributed by atoms with Crippen LogP contribution in [0.25, 0.3) is 5.69 Å². The van der Waals surface area contributed by atoms with Gasteiger partial charge >= 0.3 is 5.97 Å². The lowest BCUT2D eigenvalue weighted by Crippen LogP contribution is -2.46. The lowest BCUT2D eigenvalue weighted by atomic mass is 9.84. The molecule has 1 spiro atoms. The van der Waals surface area contributed by atoms with Crippen LogP contribution in [0.5, 0.6) is 0 Å². The third-order valence-corrected chi connectivity index (χ3v) is 5.96. The summed E-state index contributed by atoms with van der Waals surface area (Å²) in [6.45, 7) is 2.95. The first kappa shape index (κ1) is 19.0. The zero-order chi connectivity index (χ0) is 20.6. The predicted octanol–water partition coefficient (Wildman–Crippen LogP) is 2.71. The Bertz CT molecular complexity index is 1030. The number of ether oxygens (including phenoxy) is 2. The second-order valence-corrected chi connectivity index (χ2v) is 7.77. The molecule has 30 heavy (non-hydrogen) atoms. The van der Waals surface area contributed by atoms with E-state index in [4.69, 9.17) is 14.3 Å². The number of fused-ring (bicyclic) bond motifs is 2. The maximum absolute atomic E-state index is 11.6. The van der Waals surface area contributed by atoms with Crippen LogP contribution in [0.1, 0.15) is 40.5 Å². The highest BCUT2D eigenvalue weighted by atomic mass is 16.5. The van der Waals surface area contributed by atoms with E-state index in [1.54, 1.807) is 0 Å². The van der Waals surface area contributed by atoms with Crippen molar-refractivity contribution in [1.29, 1.82) is 0 Å². The van der Waals surface area contributed by atoms with Crippen molar-refractivity contribution in [3.63, 3.8) is 0 Å². The average molecular weight is 408 g/mol. The first-order valence-corrected chi connectivity index (χ1v) is 10.2. The Morgan fingerprint density at radius 2 is 2.03 bits per heavy atom. The Morgan fingerprint density at radius 3 is 2.80 bits per heavy atom. The van der Waals surface area contributed by atoms with E-state index in [-0.39, 0.29) is 11.3 Å². The number of likely N-dealkylation sites (tertiary alicyclic amines) is 1. The van der Waals surface area contributed by atoms with Crippen LogP contribution in [0.4, 0.5) is 0 Å². The maximum atomic E-state index is 11.6. The summed E-state index contributed by atoms with van der Waals surface area (Å²) in [5.74, 6) is 0.0321. The van der Waals surface area contributed by atoms with E-state index in [9.17, 15) is 4.79 Å². The molecule has 3 aromatic rings. The number of oxazole rings is 1. The molecule has 4 heterocycles. The van der Waals surface area contributed by atoms with Crippen LogP contribution in [0.3, 0.4) is 0 Å². The molecular formula is C22H24N4O4. The number of para-hydroxylation sites is 1.